The summed E-state index contributed by atoms with van der Waals surface area (Å²) in [6.07, 6.45) is 3.27. The largest absolute Gasteiger partial charge is 0.355 e. The number of carbonyl (C=O) groups is 2. The van der Waals surface area contributed by atoms with Gasteiger partial charge in [0.05, 0.1) is 23.2 Å². The molecule has 0 bridgehead atoms. The standard InChI is InChI=1S/C16H23ClN4O4S/c1-4-18-16(23)11(3)19-14(22)6-5-13-10(2)20-21(15(13)17)12-7-8-26(24,25)9-12/h5-6,11-12H,4,7-9H2,1-3H3,(H,18,23)(H,19,22)/b6-5+/t11-,12+/m0/s1. The summed E-state index contributed by atoms with van der Waals surface area (Å²) >= 11 is 6.34. The van der Waals surface area contributed by atoms with Crippen molar-refractivity contribution in [2.75, 3.05) is 18.1 Å². The van der Waals surface area contributed by atoms with Gasteiger partial charge in [0, 0.05) is 18.2 Å². The predicted molar refractivity (Wildman–Crippen MR) is 99.6 cm³/mol. The highest BCUT2D eigenvalue weighted by atomic mass is 35.5. The van der Waals surface area contributed by atoms with Crippen LogP contribution in [0.4, 0.5) is 0 Å². The summed E-state index contributed by atoms with van der Waals surface area (Å²) < 4.78 is 24.8. The number of sulfone groups is 1. The van der Waals surface area contributed by atoms with Crippen LogP contribution in [0.5, 0.6) is 0 Å². The molecule has 2 heterocycles. The van der Waals surface area contributed by atoms with Gasteiger partial charge in [0.25, 0.3) is 0 Å². The normalized spacial score (nSPS) is 20.2. The Morgan fingerprint density at radius 2 is 2.15 bits per heavy atom. The van der Waals surface area contributed by atoms with Gasteiger partial charge in [-0.15, -0.1) is 0 Å². The second-order valence-electron chi connectivity index (χ2n) is 6.25. The van der Waals surface area contributed by atoms with Gasteiger partial charge in [-0.3, -0.25) is 9.59 Å². The number of nitrogens with one attached hydrogen (secondary N) is 2. The van der Waals surface area contributed by atoms with Crippen molar-refractivity contribution in [1.82, 2.24) is 20.4 Å². The zero-order valence-corrected chi connectivity index (χ0v) is 16.5. The second-order valence-corrected chi connectivity index (χ2v) is 8.84. The minimum Gasteiger partial charge on any atom is -0.355 e. The van der Waals surface area contributed by atoms with Gasteiger partial charge in [-0.2, -0.15) is 5.10 Å². The van der Waals surface area contributed by atoms with Crippen LogP contribution in [0.3, 0.4) is 0 Å². The molecule has 1 aliphatic rings. The Morgan fingerprint density at radius 3 is 2.73 bits per heavy atom. The third-order valence-corrected chi connectivity index (χ3v) is 6.26. The Labute approximate surface area is 157 Å². The number of aryl methyl sites for hydroxylation is 1. The highest BCUT2D eigenvalue weighted by Crippen LogP contribution is 2.30. The Bertz CT molecular complexity index is 832. The molecular formula is C16H23ClN4O4S. The summed E-state index contributed by atoms with van der Waals surface area (Å²) in [5, 5.41) is 9.80. The van der Waals surface area contributed by atoms with E-state index in [9.17, 15) is 18.0 Å². The SMILES string of the molecule is CCNC(=O)[C@H](C)NC(=O)/C=C/c1c(C)nn([C@@H]2CCS(=O)(=O)C2)c1Cl. The quantitative estimate of drug-likeness (QED) is 0.685. The molecule has 0 radical (unpaired) electrons. The molecule has 1 saturated heterocycles. The maximum Gasteiger partial charge on any atom is 0.244 e. The molecule has 0 aliphatic carbocycles. The molecule has 2 amide bonds. The van der Waals surface area contributed by atoms with Gasteiger partial charge in [-0.05, 0) is 33.3 Å². The molecule has 0 spiro atoms. The molecule has 0 unspecified atom stereocenters. The molecule has 0 saturated carbocycles. The topological polar surface area (TPSA) is 110 Å². The number of aromatic nitrogens is 2. The molecule has 2 rings (SSSR count). The maximum atomic E-state index is 12.0. The van der Waals surface area contributed by atoms with Gasteiger partial charge in [0.1, 0.15) is 11.2 Å². The lowest BCUT2D eigenvalue weighted by molar-refractivity contribution is -0.126. The van der Waals surface area contributed by atoms with Crippen molar-refractivity contribution >= 4 is 39.3 Å². The first-order chi connectivity index (χ1) is 12.1. The van der Waals surface area contributed by atoms with Crippen molar-refractivity contribution < 1.29 is 18.0 Å². The van der Waals surface area contributed by atoms with Crippen LogP contribution < -0.4 is 10.6 Å². The van der Waals surface area contributed by atoms with Gasteiger partial charge >= 0.3 is 0 Å². The number of amides is 2. The number of halogens is 1. The molecule has 26 heavy (non-hydrogen) atoms. The molecule has 1 aliphatic heterocycles. The summed E-state index contributed by atoms with van der Waals surface area (Å²) in [6.45, 7) is 5.61. The minimum atomic E-state index is -3.06. The number of rotatable bonds is 6. The van der Waals surface area contributed by atoms with Gasteiger partial charge in [-0.25, -0.2) is 13.1 Å². The van der Waals surface area contributed by atoms with Gasteiger partial charge < -0.3 is 10.6 Å². The fourth-order valence-corrected chi connectivity index (χ4v) is 4.81. The van der Waals surface area contributed by atoms with Crippen molar-refractivity contribution in [3.05, 3.63) is 22.5 Å². The van der Waals surface area contributed by atoms with E-state index >= 15 is 0 Å². The van der Waals surface area contributed by atoms with Crippen molar-refractivity contribution in [3.63, 3.8) is 0 Å². The van der Waals surface area contributed by atoms with Crippen LogP contribution in [-0.2, 0) is 19.4 Å². The average molecular weight is 403 g/mol. The zero-order valence-electron chi connectivity index (χ0n) is 15.0. The molecule has 1 fully saturated rings. The van der Waals surface area contributed by atoms with Gasteiger partial charge in [-0.1, -0.05) is 11.6 Å². The molecule has 0 aromatic carbocycles. The van der Waals surface area contributed by atoms with Crippen molar-refractivity contribution in [1.29, 1.82) is 0 Å². The van der Waals surface area contributed by atoms with Crippen molar-refractivity contribution in [2.24, 2.45) is 0 Å². The van der Waals surface area contributed by atoms with E-state index < -0.39 is 21.8 Å². The summed E-state index contributed by atoms with van der Waals surface area (Å²) in [5.74, 6) is -0.561. The van der Waals surface area contributed by atoms with E-state index in [-0.39, 0.29) is 23.5 Å². The first kappa shape index (κ1) is 20.4. The van der Waals surface area contributed by atoms with Crippen LogP contribution in [0.2, 0.25) is 5.15 Å². The first-order valence-electron chi connectivity index (χ1n) is 8.36. The molecular weight excluding hydrogens is 380 g/mol. The summed E-state index contributed by atoms with van der Waals surface area (Å²) in [4.78, 5) is 23.6. The van der Waals surface area contributed by atoms with E-state index in [0.717, 1.165) is 0 Å². The highest BCUT2D eigenvalue weighted by Gasteiger charge is 2.31. The van der Waals surface area contributed by atoms with E-state index in [2.05, 4.69) is 15.7 Å². The number of hydrogen-bond donors (Lipinski definition) is 2. The Hall–Kier alpha value is -1.87. The summed E-state index contributed by atoms with van der Waals surface area (Å²) in [5.41, 5.74) is 1.15. The molecule has 1 aromatic rings. The molecule has 2 N–H and O–H groups in total. The smallest absolute Gasteiger partial charge is 0.244 e. The van der Waals surface area contributed by atoms with Crippen molar-refractivity contribution in [2.45, 2.75) is 39.3 Å². The lowest BCUT2D eigenvalue weighted by Crippen LogP contribution is -2.44. The number of carbonyl (C=O) groups excluding carboxylic acids is 2. The third kappa shape index (κ3) is 4.85. The molecule has 8 nitrogen and oxygen atoms in total. The van der Waals surface area contributed by atoms with Crippen LogP contribution in [0.25, 0.3) is 6.08 Å². The van der Waals surface area contributed by atoms with Crippen molar-refractivity contribution in [3.8, 4) is 0 Å². The molecule has 10 heteroatoms. The van der Waals surface area contributed by atoms with Gasteiger partial charge in [0.15, 0.2) is 9.84 Å². The number of likely N-dealkylation sites (N-methyl/N-ethyl adjacent to an activating group) is 1. The average Bonchev–Trinajstić information content (AvgIpc) is 3.05. The molecule has 144 valence electrons. The van der Waals surface area contributed by atoms with Crippen LogP contribution in [0.1, 0.15) is 37.6 Å². The predicted octanol–water partition coefficient (Wildman–Crippen LogP) is 0.859. The Balaban J connectivity index is 2.09. The fraction of sp³-hybridized carbons (Fsp3) is 0.562. The fourth-order valence-electron chi connectivity index (χ4n) is 2.75. The number of hydrogen-bond acceptors (Lipinski definition) is 5. The van der Waals surface area contributed by atoms with Crippen LogP contribution in [0.15, 0.2) is 6.08 Å². The van der Waals surface area contributed by atoms with E-state index in [1.165, 1.54) is 16.8 Å². The number of nitrogens with zero attached hydrogens (tertiary/aromatic N) is 2. The van der Waals surface area contributed by atoms with E-state index in [0.29, 0.717) is 29.4 Å². The van der Waals surface area contributed by atoms with Gasteiger partial charge in [0.2, 0.25) is 11.8 Å². The highest BCUT2D eigenvalue weighted by molar-refractivity contribution is 7.91. The maximum absolute atomic E-state index is 12.0. The van der Waals surface area contributed by atoms with Crippen LogP contribution in [-0.4, -0.2) is 54.1 Å². The van der Waals surface area contributed by atoms with Crippen LogP contribution >= 0.6 is 11.6 Å². The Morgan fingerprint density at radius 1 is 1.46 bits per heavy atom. The third-order valence-electron chi connectivity index (χ3n) is 4.13. The van der Waals surface area contributed by atoms with E-state index in [1.807, 2.05) is 0 Å². The zero-order chi connectivity index (χ0) is 19.5. The summed E-state index contributed by atoms with van der Waals surface area (Å²) in [7, 11) is -3.06. The van der Waals surface area contributed by atoms with E-state index in [1.54, 1.807) is 20.8 Å². The molecule has 2 atom stereocenters. The molecule has 1 aromatic heterocycles. The Kier molecular flexibility index (Phi) is 6.46. The monoisotopic (exact) mass is 402 g/mol. The lowest BCUT2D eigenvalue weighted by atomic mass is 10.2. The van der Waals surface area contributed by atoms with Crippen LogP contribution in [0, 0.1) is 6.92 Å². The minimum absolute atomic E-state index is 0.0154. The van der Waals surface area contributed by atoms with E-state index in [4.69, 9.17) is 11.6 Å². The summed E-state index contributed by atoms with van der Waals surface area (Å²) in [6, 6.07) is -0.949. The lowest BCUT2D eigenvalue weighted by Gasteiger charge is -2.11. The first-order valence-corrected chi connectivity index (χ1v) is 10.6. The second kappa shape index (κ2) is 8.22.